The predicted molar refractivity (Wildman–Crippen MR) is 105 cm³/mol. The number of carbonyl (C=O) groups is 1. The number of halogens is 1. The van der Waals surface area contributed by atoms with Crippen LogP contribution >= 0.6 is 0 Å². The number of hydrogen-bond donors (Lipinski definition) is 1. The Kier molecular flexibility index (Phi) is 4.40. The highest BCUT2D eigenvalue weighted by Gasteiger charge is 2.46. The zero-order valence-corrected chi connectivity index (χ0v) is 16.6. The Balaban J connectivity index is 1.71. The van der Waals surface area contributed by atoms with E-state index in [1.165, 1.54) is 12.1 Å². The molecule has 4 rings (SSSR count). The van der Waals surface area contributed by atoms with Gasteiger partial charge in [0.15, 0.2) is 0 Å². The van der Waals surface area contributed by atoms with E-state index < -0.39 is 5.82 Å². The van der Waals surface area contributed by atoms with Crippen molar-refractivity contribution in [1.82, 2.24) is 14.9 Å². The molecule has 2 aromatic rings. The number of likely N-dealkylation sites (tertiary alicyclic amines) is 1. The summed E-state index contributed by atoms with van der Waals surface area (Å²) in [6.45, 7) is 7.14. The summed E-state index contributed by atoms with van der Waals surface area (Å²) in [6.07, 6.45) is 3.18. The van der Waals surface area contributed by atoms with Crippen molar-refractivity contribution in [3.05, 3.63) is 63.1 Å². The molecule has 1 unspecified atom stereocenters. The van der Waals surface area contributed by atoms with E-state index in [0.717, 1.165) is 30.5 Å². The molecule has 148 valence electrons. The standard InChI is InChI=1S/C22H26FN3O2/c1-21(2,3)20-24-17-15(18(27)25-20)9-11-22(17)10-6-12-26(13-22)19(28)14-7-4-5-8-16(14)23/h4-5,7-8H,6,9-13H2,1-3H3,(H,24,25,27). The number of nitrogens with one attached hydrogen (secondary N) is 1. The van der Waals surface area contributed by atoms with Crippen LogP contribution in [0, 0.1) is 5.82 Å². The Morgan fingerprint density at radius 2 is 2.00 bits per heavy atom. The molecule has 5 nitrogen and oxygen atoms in total. The molecule has 1 aliphatic carbocycles. The van der Waals surface area contributed by atoms with Crippen LogP contribution in [0.2, 0.25) is 0 Å². The van der Waals surface area contributed by atoms with Crippen LogP contribution in [0.25, 0.3) is 0 Å². The molecule has 2 heterocycles. The molecule has 2 aliphatic rings. The molecule has 6 heteroatoms. The van der Waals surface area contributed by atoms with Crippen molar-refractivity contribution in [1.29, 1.82) is 0 Å². The third-order valence-electron chi connectivity index (χ3n) is 6.05. The van der Waals surface area contributed by atoms with E-state index in [9.17, 15) is 14.0 Å². The smallest absolute Gasteiger partial charge is 0.256 e. The van der Waals surface area contributed by atoms with Crippen LogP contribution in [0.4, 0.5) is 4.39 Å². The van der Waals surface area contributed by atoms with Gasteiger partial charge >= 0.3 is 0 Å². The maximum Gasteiger partial charge on any atom is 0.256 e. The first-order valence-corrected chi connectivity index (χ1v) is 9.89. The molecule has 1 atom stereocenters. The lowest BCUT2D eigenvalue weighted by molar-refractivity contribution is 0.0628. The second kappa shape index (κ2) is 6.54. The normalized spacial score (nSPS) is 21.8. The minimum Gasteiger partial charge on any atom is -0.338 e. The number of fused-ring (bicyclic) bond motifs is 2. The number of amides is 1. The van der Waals surface area contributed by atoms with Crippen LogP contribution in [-0.2, 0) is 17.3 Å². The number of H-pyrrole nitrogens is 1. The average molecular weight is 383 g/mol. The molecule has 1 fully saturated rings. The monoisotopic (exact) mass is 383 g/mol. The van der Waals surface area contributed by atoms with Gasteiger partial charge in [-0.1, -0.05) is 32.9 Å². The molecule has 28 heavy (non-hydrogen) atoms. The Labute approximate surface area is 164 Å². The number of benzene rings is 1. The van der Waals surface area contributed by atoms with Crippen LogP contribution in [-0.4, -0.2) is 33.9 Å². The third kappa shape index (κ3) is 3.05. The predicted octanol–water partition coefficient (Wildman–Crippen LogP) is 3.33. The minimum atomic E-state index is -0.497. The zero-order chi connectivity index (χ0) is 20.1. The van der Waals surface area contributed by atoms with Crippen molar-refractivity contribution in [2.75, 3.05) is 13.1 Å². The molecular formula is C22H26FN3O2. The van der Waals surface area contributed by atoms with Gasteiger partial charge in [-0.2, -0.15) is 0 Å². The van der Waals surface area contributed by atoms with E-state index in [4.69, 9.17) is 4.98 Å². The van der Waals surface area contributed by atoms with Gasteiger partial charge in [0.05, 0.1) is 11.3 Å². The Bertz CT molecular complexity index is 992. The fourth-order valence-electron chi connectivity index (χ4n) is 4.51. The molecule has 0 bridgehead atoms. The van der Waals surface area contributed by atoms with E-state index >= 15 is 0 Å². The first-order valence-electron chi connectivity index (χ1n) is 9.89. The van der Waals surface area contributed by atoms with Crippen LogP contribution in [0.1, 0.15) is 67.5 Å². The minimum absolute atomic E-state index is 0.0654. The Morgan fingerprint density at radius 3 is 2.71 bits per heavy atom. The van der Waals surface area contributed by atoms with Gasteiger partial charge < -0.3 is 9.88 Å². The summed E-state index contributed by atoms with van der Waals surface area (Å²) in [4.78, 5) is 35.2. The first-order chi connectivity index (χ1) is 13.2. The van der Waals surface area contributed by atoms with Gasteiger partial charge in [0.2, 0.25) is 0 Å². The highest BCUT2D eigenvalue weighted by molar-refractivity contribution is 5.94. The maximum absolute atomic E-state index is 14.1. The Hall–Kier alpha value is -2.50. The molecule has 1 spiro atoms. The summed E-state index contributed by atoms with van der Waals surface area (Å²) >= 11 is 0. The number of aromatic nitrogens is 2. The van der Waals surface area contributed by atoms with Gasteiger partial charge in [-0.15, -0.1) is 0 Å². The van der Waals surface area contributed by atoms with Crippen LogP contribution < -0.4 is 5.56 Å². The highest BCUT2D eigenvalue weighted by atomic mass is 19.1. The summed E-state index contributed by atoms with van der Waals surface area (Å²) in [7, 11) is 0. The second-order valence-electron chi connectivity index (χ2n) is 9.08. The number of carbonyl (C=O) groups excluding carboxylic acids is 1. The molecule has 0 saturated carbocycles. The quantitative estimate of drug-likeness (QED) is 0.821. The van der Waals surface area contributed by atoms with Crippen molar-refractivity contribution in [2.45, 2.75) is 57.3 Å². The number of piperidine rings is 1. The largest absolute Gasteiger partial charge is 0.338 e. The summed E-state index contributed by atoms with van der Waals surface area (Å²) in [6, 6.07) is 6.11. The lowest BCUT2D eigenvalue weighted by Crippen LogP contribution is -2.48. The fourth-order valence-corrected chi connectivity index (χ4v) is 4.51. The van der Waals surface area contributed by atoms with Crippen molar-refractivity contribution in [2.24, 2.45) is 0 Å². The summed E-state index contributed by atoms with van der Waals surface area (Å²) in [5.74, 6) is -0.106. The molecule has 1 amide bonds. The summed E-state index contributed by atoms with van der Waals surface area (Å²) in [5.41, 5.74) is 1.04. The summed E-state index contributed by atoms with van der Waals surface area (Å²) < 4.78 is 14.1. The van der Waals surface area contributed by atoms with Crippen molar-refractivity contribution in [3.8, 4) is 0 Å². The lowest BCUT2D eigenvalue weighted by Gasteiger charge is -2.40. The second-order valence-corrected chi connectivity index (χ2v) is 9.08. The zero-order valence-electron chi connectivity index (χ0n) is 16.6. The SMILES string of the molecule is CC(C)(C)c1nc2c(c(=O)[nH]1)CCC21CCCN(C(=O)c2ccccc2F)C1. The molecule has 1 aromatic carbocycles. The van der Waals surface area contributed by atoms with E-state index in [-0.39, 0.29) is 27.9 Å². The van der Waals surface area contributed by atoms with E-state index in [2.05, 4.69) is 4.98 Å². The lowest BCUT2D eigenvalue weighted by atomic mass is 9.77. The summed E-state index contributed by atoms with van der Waals surface area (Å²) in [5, 5.41) is 0. The van der Waals surface area contributed by atoms with Gasteiger partial charge in [-0.05, 0) is 37.8 Å². The third-order valence-corrected chi connectivity index (χ3v) is 6.05. The average Bonchev–Trinajstić information content (AvgIpc) is 2.99. The van der Waals surface area contributed by atoms with Gasteiger partial charge in [0, 0.05) is 29.5 Å². The maximum atomic E-state index is 14.1. The molecule has 1 saturated heterocycles. The van der Waals surface area contributed by atoms with Gasteiger partial charge in [0.1, 0.15) is 11.6 Å². The molecule has 0 radical (unpaired) electrons. The number of aromatic amines is 1. The molecule has 1 aliphatic heterocycles. The van der Waals surface area contributed by atoms with Crippen LogP contribution in [0.3, 0.4) is 0 Å². The Morgan fingerprint density at radius 1 is 1.25 bits per heavy atom. The van der Waals surface area contributed by atoms with Crippen LogP contribution in [0.5, 0.6) is 0 Å². The van der Waals surface area contributed by atoms with Crippen molar-refractivity contribution < 1.29 is 9.18 Å². The number of hydrogen-bond acceptors (Lipinski definition) is 3. The van der Waals surface area contributed by atoms with Gasteiger partial charge in [0.25, 0.3) is 11.5 Å². The van der Waals surface area contributed by atoms with Crippen molar-refractivity contribution >= 4 is 5.91 Å². The fraction of sp³-hybridized carbons (Fsp3) is 0.500. The molecule has 1 N–H and O–H groups in total. The van der Waals surface area contributed by atoms with Crippen molar-refractivity contribution in [3.63, 3.8) is 0 Å². The number of nitrogens with zero attached hydrogens (tertiary/aromatic N) is 2. The first kappa shape index (κ1) is 18.8. The molecular weight excluding hydrogens is 357 g/mol. The molecule has 1 aromatic heterocycles. The van der Waals surface area contributed by atoms with Gasteiger partial charge in [-0.25, -0.2) is 9.37 Å². The topological polar surface area (TPSA) is 66.1 Å². The van der Waals surface area contributed by atoms with E-state index in [1.54, 1.807) is 17.0 Å². The highest BCUT2D eigenvalue weighted by Crippen LogP contribution is 2.43. The van der Waals surface area contributed by atoms with Gasteiger partial charge in [-0.3, -0.25) is 9.59 Å². The van der Waals surface area contributed by atoms with Crippen LogP contribution in [0.15, 0.2) is 29.1 Å². The van der Waals surface area contributed by atoms with E-state index in [0.29, 0.717) is 25.3 Å². The van der Waals surface area contributed by atoms with E-state index in [1.807, 2.05) is 20.8 Å². The number of rotatable bonds is 1.